The summed E-state index contributed by atoms with van der Waals surface area (Å²) in [6, 6.07) is 16.6. The maximum Gasteiger partial charge on any atom is 0.321 e. The SMILES string of the molecule is Cc1nn(C)c2ncc(C(N)=O)c(N3CCN(C(=O)Nc4ccc(Oc5ccccc5)cc4)CC3)c12. The van der Waals surface area contributed by atoms with Gasteiger partial charge in [-0.2, -0.15) is 5.10 Å². The summed E-state index contributed by atoms with van der Waals surface area (Å²) in [5.74, 6) is 0.898. The number of anilines is 2. The van der Waals surface area contributed by atoms with Crippen molar-refractivity contribution in [2.45, 2.75) is 6.92 Å². The number of nitrogens with two attached hydrogens (primary N) is 1. The minimum Gasteiger partial charge on any atom is -0.457 e. The highest BCUT2D eigenvalue weighted by atomic mass is 16.5. The van der Waals surface area contributed by atoms with Crippen molar-refractivity contribution in [2.75, 3.05) is 36.4 Å². The predicted molar refractivity (Wildman–Crippen MR) is 138 cm³/mol. The zero-order valence-corrected chi connectivity index (χ0v) is 20.1. The van der Waals surface area contributed by atoms with Gasteiger partial charge < -0.3 is 25.6 Å². The number of aryl methyl sites for hydroxylation is 2. The molecule has 0 bridgehead atoms. The van der Waals surface area contributed by atoms with E-state index in [0.717, 1.165) is 22.5 Å². The molecular weight excluding hydrogens is 458 g/mol. The predicted octanol–water partition coefficient (Wildman–Crippen LogP) is 3.52. The molecule has 1 fully saturated rings. The number of fused-ring (bicyclic) bond motifs is 1. The van der Waals surface area contributed by atoms with Crippen molar-refractivity contribution >= 4 is 34.3 Å². The van der Waals surface area contributed by atoms with E-state index < -0.39 is 5.91 Å². The van der Waals surface area contributed by atoms with Gasteiger partial charge in [0, 0.05) is 45.1 Å². The number of nitrogens with one attached hydrogen (secondary N) is 1. The summed E-state index contributed by atoms with van der Waals surface area (Å²) in [5.41, 5.74) is 8.90. The van der Waals surface area contributed by atoms with Crippen LogP contribution in [-0.2, 0) is 7.05 Å². The minimum atomic E-state index is -0.539. The number of rotatable bonds is 5. The number of primary amides is 1. The van der Waals surface area contributed by atoms with Gasteiger partial charge in [0.2, 0.25) is 0 Å². The van der Waals surface area contributed by atoms with Crippen molar-refractivity contribution in [1.82, 2.24) is 19.7 Å². The van der Waals surface area contributed by atoms with Gasteiger partial charge in [0.15, 0.2) is 5.65 Å². The molecule has 184 valence electrons. The normalized spacial score (nSPS) is 13.6. The number of ether oxygens (including phenoxy) is 1. The van der Waals surface area contributed by atoms with E-state index in [4.69, 9.17) is 10.5 Å². The molecule has 36 heavy (non-hydrogen) atoms. The van der Waals surface area contributed by atoms with Crippen molar-refractivity contribution < 1.29 is 14.3 Å². The number of aromatic nitrogens is 3. The highest BCUT2D eigenvalue weighted by molar-refractivity contribution is 6.07. The van der Waals surface area contributed by atoms with Crippen LogP contribution in [0, 0.1) is 6.92 Å². The molecule has 1 aliphatic rings. The van der Waals surface area contributed by atoms with Crippen molar-refractivity contribution in [3.05, 3.63) is 72.1 Å². The van der Waals surface area contributed by atoms with Crippen LogP contribution < -0.4 is 20.7 Å². The molecule has 10 nitrogen and oxygen atoms in total. The van der Waals surface area contributed by atoms with E-state index in [1.165, 1.54) is 6.20 Å². The molecule has 0 atom stereocenters. The van der Waals surface area contributed by atoms with Crippen LogP contribution >= 0.6 is 0 Å². The molecule has 10 heteroatoms. The molecule has 3 amide bonds. The van der Waals surface area contributed by atoms with E-state index in [0.29, 0.717) is 48.8 Å². The van der Waals surface area contributed by atoms with Crippen molar-refractivity contribution in [3.63, 3.8) is 0 Å². The quantitative estimate of drug-likeness (QED) is 0.447. The fourth-order valence-electron chi connectivity index (χ4n) is 4.47. The zero-order valence-electron chi connectivity index (χ0n) is 20.1. The van der Waals surface area contributed by atoms with Crippen LogP contribution in [0.3, 0.4) is 0 Å². The van der Waals surface area contributed by atoms with Crippen LogP contribution in [-0.4, -0.2) is 57.8 Å². The third kappa shape index (κ3) is 4.52. The average Bonchev–Trinajstić information content (AvgIpc) is 3.18. The van der Waals surface area contributed by atoms with Crippen LogP contribution in [0.1, 0.15) is 16.1 Å². The monoisotopic (exact) mass is 485 g/mol. The number of carbonyl (C=O) groups excluding carboxylic acids is 2. The molecule has 1 aliphatic heterocycles. The van der Waals surface area contributed by atoms with Gasteiger partial charge in [-0.05, 0) is 43.3 Å². The number of hydrogen-bond donors (Lipinski definition) is 2. The lowest BCUT2D eigenvalue weighted by atomic mass is 10.1. The summed E-state index contributed by atoms with van der Waals surface area (Å²) in [4.78, 5) is 33.3. The summed E-state index contributed by atoms with van der Waals surface area (Å²) in [6.07, 6.45) is 1.51. The smallest absolute Gasteiger partial charge is 0.321 e. The second-order valence-electron chi connectivity index (χ2n) is 8.64. The van der Waals surface area contributed by atoms with Crippen LogP contribution in [0.5, 0.6) is 11.5 Å². The van der Waals surface area contributed by atoms with E-state index in [9.17, 15) is 9.59 Å². The van der Waals surface area contributed by atoms with Gasteiger partial charge in [-0.25, -0.2) is 9.78 Å². The Morgan fingerprint density at radius 3 is 2.31 bits per heavy atom. The first-order valence-electron chi connectivity index (χ1n) is 11.7. The van der Waals surface area contributed by atoms with Crippen molar-refractivity contribution in [1.29, 1.82) is 0 Å². The molecule has 1 saturated heterocycles. The lowest BCUT2D eigenvalue weighted by Gasteiger charge is -2.37. The zero-order chi connectivity index (χ0) is 25.2. The molecule has 2 aromatic heterocycles. The Hall–Kier alpha value is -4.60. The molecule has 0 saturated carbocycles. The first-order valence-corrected chi connectivity index (χ1v) is 11.7. The number of amides is 3. The Morgan fingerprint density at radius 2 is 1.64 bits per heavy atom. The summed E-state index contributed by atoms with van der Waals surface area (Å²) in [6.45, 7) is 3.96. The molecule has 5 rings (SSSR count). The average molecular weight is 486 g/mol. The third-order valence-electron chi connectivity index (χ3n) is 6.23. The summed E-state index contributed by atoms with van der Waals surface area (Å²) in [5, 5.41) is 8.21. The van der Waals surface area contributed by atoms with Crippen molar-refractivity contribution in [2.24, 2.45) is 12.8 Å². The number of para-hydroxylation sites is 1. The van der Waals surface area contributed by atoms with Gasteiger partial charge in [-0.3, -0.25) is 9.48 Å². The highest BCUT2D eigenvalue weighted by Crippen LogP contribution is 2.32. The van der Waals surface area contributed by atoms with E-state index >= 15 is 0 Å². The Balaban J connectivity index is 1.25. The van der Waals surface area contributed by atoms with E-state index in [1.807, 2.05) is 68.6 Å². The van der Waals surface area contributed by atoms with E-state index in [1.54, 1.807) is 9.58 Å². The fourth-order valence-corrected chi connectivity index (χ4v) is 4.47. The van der Waals surface area contributed by atoms with Crippen molar-refractivity contribution in [3.8, 4) is 11.5 Å². The number of benzene rings is 2. The Morgan fingerprint density at radius 1 is 0.972 bits per heavy atom. The lowest BCUT2D eigenvalue weighted by molar-refractivity contribution is 0.1000. The Kier molecular flexibility index (Phi) is 6.16. The minimum absolute atomic E-state index is 0.182. The van der Waals surface area contributed by atoms with Gasteiger partial charge in [0.05, 0.1) is 22.3 Å². The Bertz CT molecular complexity index is 1410. The molecule has 3 heterocycles. The number of nitrogens with zero attached hydrogens (tertiary/aromatic N) is 5. The van der Waals surface area contributed by atoms with Gasteiger partial charge in [-0.1, -0.05) is 18.2 Å². The van der Waals surface area contributed by atoms with Crippen LogP contribution in [0.4, 0.5) is 16.2 Å². The number of hydrogen-bond acceptors (Lipinski definition) is 6. The van der Waals surface area contributed by atoms with Gasteiger partial charge in [-0.15, -0.1) is 0 Å². The summed E-state index contributed by atoms with van der Waals surface area (Å²) >= 11 is 0. The maximum absolute atomic E-state index is 12.9. The van der Waals surface area contributed by atoms with Crippen LogP contribution in [0.25, 0.3) is 11.0 Å². The molecule has 0 spiro atoms. The molecule has 3 N–H and O–H groups in total. The topological polar surface area (TPSA) is 119 Å². The number of urea groups is 1. The first kappa shape index (κ1) is 23.2. The van der Waals surface area contributed by atoms with Gasteiger partial charge >= 0.3 is 6.03 Å². The van der Waals surface area contributed by atoms with Crippen LogP contribution in [0.2, 0.25) is 0 Å². The fraction of sp³-hybridized carbons (Fsp3) is 0.231. The van der Waals surface area contributed by atoms with Gasteiger partial charge in [0.25, 0.3) is 5.91 Å². The molecule has 0 aliphatic carbocycles. The third-order valence-corrected chi connectivity index (χ3v) is 6.23. The first-order chi connectivity index (χ1) is 17.4. The number of carbonyl (C=O) groups is 2. The summed E-state index contributed by atoms with van der Waals surface area (Å²) in [7, 11) is 1.82. The second-order valence-corrected chi connectivity index (χ2v) is 8.64. The van der Waals surface area contributed by atoms with E-state index in [-0.39, 0.29) is 6.03 Å². The van der Waals surface area contributed by atoms with Crippen LogP contribution in [0.15, 0.2) is 60.8 Å². The molecule has 0 radical (unpaired) electrons. The number of piperazine rings is 1. The largest absolute Gasteiger partial charge is 0.457 e. The van der Waals surface area contributed by atoms with E-state index in [2.05, 4.69) is 20.3 Å². The maximum atomic E-state index is 12.9. The molecule has 4 aromatic rings. The van der Waals surface area contributed by atoms with Gasteiger partial charge in [0.1, 0.15) is 11.5 Å². The molecule has 2 aromatic carbocycles. The highest BCUT2D eigenvalue weighted by Gasteiger charge is 2.27. The Labute approximate surface area is 208 Å². The lowest BCUT2D eigenvalue weighted by Crippen LogP contribution is -2.50. The summed E-state index contributed by atoms with van der Waals surface area (Å²) < 4.78 is 7.50. The standard InChI is InChI=1S/C26H27N7O3/c1-17-22-23(21(24(27)34)16-28-25(22)31(2)30-17)32-12-14-33(15-13-32)26(35)29-18-8-10-20(11-9-18)36-19-6-4-3-5-7-19/h3-11,16H,12-15H2,1-2H3,(H2,27,34)(H,29,35). The molecule has 0 unspecified atom stereocenters. The molecular formula is C26H27N7O3. The second kappa shape index (κ2) is 9.57. The number of pyridine rings is 1.